The van der Waals surface area contributed by atoms with E-state index in [1.165, 1.54) is 0 Å². The van der Waals surface area contributed by atoms with E-state index in [1.807, 2.05) is 0 Å². The molecule has 0 aromatic rings. The minimum Gasteiger partial charge on any atom is -0.382 e. The lowest BCUT2D eigenvalue weighted by atomic mass is 9.77. The average molecular weight is 254 g/mol. The molecule has 2 unspecified atom stereocenters. The van der Waals surface area contributed by atoms with Crippen LogP contribution in [0.25, 0.3) is 0 Å². The van der Waals surface area contributed by atoms with Crippen LogP contribution in [0, 0.1) is 5.92 Å². The molecule has 1 aliphatic carbocycles. The number of rotatable bonds is 2. The van der Waals surface area contributed by atoms with Gasteiger partial charge in [0.25, 0.3) is 0 Å². The maximum absolute atomic E-state index is 12.5. The normalized spacial score (nSPS) is 39.3. The maximum atomic E-state index is 12.5. The van der Waals surface area contributed by atoms with Crippen LogP contribution in [-0.4, -0.2) is 41.9 Å². The van der Waals surface area contributed by atoms with Gasteiger partial charge >= 0.3 is 0 Å². The largest absolute Gasteiger partial charge is 0.382 e. The Labute approximate surface area is 108 Å². The Morgan fingerprint density at radius 3 is 2.61 bits per heavy atom. The second-order valence-corrected chi connectivity index (χ2v) is 6.13. The molecule has 3 rings (SSSR count). The van der Waals surface area contributed by atoms with Crippen LogP contribution in [0.3, 0.4) is 0 Å². The van der Waals surface area contributed by atoms with Crippen molar-refractivity contribution in [1.29, 1.82) is 0 Å². The molecule has 18 heavy (non-hydrogen) atoms. The second kappa shape index (κ2) is 4.58. The molecule has 2 aliphatic heterocycles. The highest BCUT2D eigenvalue weighted by Crippen LogP contribution is 2.40. The van der Waals surface area contributed by atoms with E-state index in [0.717, 1.165) is 38.7 Å². The van der Waals surface area contributed by atoms with Crippen molar-refractivity contribution in [1.82, 2.24) is 0 Å². The predicted molar refractivity (Wildman–Crippen MR) is 65.3 cm³/mol. The molecule has 2 atom stereocenters. The molecule has 0 radical (unpaired) electrons. The lowest BCUT2D eigenvalue weighted by Crippen LogP contribution is -2.48. The van der Waals surface area contributed by atoms with E-state index in [1.54, 1.807) is 0 Å². The maximum Gasteiger partial charge on any atom is 0.167 e. The van der Waals surface area contributed by atoms with Gasteiger partial charge < -0.3 is 14.6 Å². The van der Waals surface area contributed by atoms with Crippen molar-refractivity contribution in [3.8, 4) is 0 Å². The van der Waals surface area contributed by atoms with Crippen LogP contribution in [0.4, 0.5) is 0 Å². The van der Waals surface area contributed by atoms with Crippen molar-refractivity contribution < 1.29 is 19.4 Å². The Hall–Kier alpha value is -0.450. The van der Waals surface area contributed by atoms with Gasteiger partial charge in [0.1, 0.15) is 5.60 Å². The summed E-state index contributed by atoms with van der Waals surface area (Å²) in [6, 6.07) is 0. The number of ether oxygens (including phenoxy) is 2. The number of Topliss-reactive ketones (excluding diaryl/α,β-unsaturated/α-hetero) is 1. The number of hydrogen-bond acceptors (Lipinski definition) is 4. The molecule has 0 bridgehead atoms. The van der Waals surface area contributed by atoms with Crippen LogP contribution >= 0.6 is 0 Å². The van der Waals surface area contributed by atoms with Gasteiger partial charge in [0.15, 0.2) is 5.78 Å². The first-order valence-corrected chi connectivity index (χ1v) is 7.12. The third kappa shape index (κ3) is 2.10. The zero-order chi connectivity index (χ0) is 12.6. The van der Waals surface area contributed by atoms with Crippen LogP contribution in [0.15, 0.2) is 0 Å². The SMILES string of the molecule is O=C(C1CCOC2(CCOC2)C1)C1(O)CCCC1. The molecule has 4 nitrogen and oxygen atoms in total. The van der Waals surface area contributed by atoms with Gasteiger partial charge in [0.2, 0.25) is 0 Å². The van der Waals surface area contributed by atoms with Crippen LogP contribution < -0.4 is 0 Å². The number of ketones is 1. The molecule has 102 valence electrons. The van der Waals surface area contributed by atoms with Crippen molar-refractivity contribution in [2.75, 3.05) is 19.8 Å². The lowest BCUT2D eigenvalue weighted by Gasteiger charge is -2.38. The predicted octanol–water partition coefficient (Wildman–Crippen LogP) is 1.45. The molecule has 4 heteroatoms. The smallest absolute Gasteiger partial charge is 0.167 e. The number of carbonyl (C=O) groups is 1. The third-order valence-corrected chi connectivity index (χ3v) is 4.82. The summed E-state index contributed by atoms with van der Waals surface area (Å²) in [7, 11) is 0. The van der Waals surface area contributed by atoms with Gasteiger partial charge in [-0.2, -0.15) is 0 Å². The van der Waals surface area contributed by atoms with Gasteiger partial charge in [-0.1, -0.05) is 0 Å². The van der Waals surface area contributed by atoms with E-state index in [-0.39, 0.29) is 17.3 Å². The number of hydrogen-bond donors (Lipinski definition) is 1. The quantitative estimate of drug-likeness (QED) is 0.810. The summed E-state index contributed by atoms with van der Waals surface area (Å²) < 4.78 is 11.3. The third-order valence-electron chi connectivity index (χ3n) is 4.82. The van der Waals surface area contributed by atoms with E-state index < -0.39 is 5.60 Å². The van der Waals surface area contributed by atoms with Gasteiger partial charge in [0, 0.05) is 25.6 Å². The highest BCUT2D eigenvalue weighted by atomic mass is 16.6. The molecule has 0 amide bonds. The fourth-order valence-electron chi connectivity index (χ4n) is 3.70. The Morgan fingerprint density at radius 1 is 1.17 bits per heavy atom. The van der Waals surface area contributed by atoms with Crippen molar-refractivity contribution in [2.45, 2.75) is 56.1 Å². The van der Waals surface area contributed by atoms with Crippen LogP contribution in [0.2, 0.25) is 0 Å². The number of carbonyl (C=O) groups excluding carboxylic acids is 1. The fourth-order valence-corrected chi connectivity index (χ4v) is 3.70. The molecule has 1 spiro atoms. The zero-order valence-electron chi connectivity index (χ0n) is 10.8. The summed E-state index contributed by atoms with van der Waals surface area (Å²) in [5.74, 6) is 0.0260. The van der Waals surface area contributed by atoms with E-state index in [4.69, 9.17) is 9.47 Å². The van der Waals surface area contributed by atoms with E-state index in [9.17, 15) is 9.90 Å². The summed E-state index contributed by atoms with van der Waals surface area (Å²) >= 11 is 0. The molecule has 1 saturated carbocycles. The molecule has 0 aromatic carbocycles. The summed E-state index contributed by atoms with van der Waals surface area (Å²) in [4.78, 5) is 12.5. The topological polar surface area (TPSA) is 55.8 Å². The van der Waals surface area contributed by atoms with E-state index in [0.29, 0.717) is 26.1 Å². The summed E-state index contributed by atoms with van der Waals surface area (Å²) in [5.41, 5.74) is -1.28. The van der Waals surface area contributed by atoms with Crippen LogP contribution in [0.5, 0.6) is 0 Å². The van der Waals surface area contributed by atoms with Crippen molar-refractivity contribution in [3.05, 3.63) is 0 Å². The molecule has 0 aromatic heterocycles. The highest BCUT2D eigenvalue weighted by Gasteiger charge is 2.48. The van der Waals surface area contributed by atoms with Crippen LogP contribution in [0.1, 0.15) is 44.9 Å². The van der Waals surface area contributed by atoms with Gasteiger partial charge in [-0.15, -0.1) is 0 Å². The van der Waals surface area contributed by atoms with Crippen LogP contribution in [-0.2, 0) is 14.3 Å². The molecular weight excluding hydrogens is 232 g/mol. The molecule has 2 saturated heterocycles. The van der Waals surface area contributed by atoms with Crippen molar-refractivity contribution >= 4 is 5.78 Å². The molecule has 3 aliphatic rings. The summed E-state index contributed by atoms with van der Waals surface area (Å²) in [6.45, 7) is 1.95. The first-order valence-electron chi connectivity index (χ1n) is 7.12. The molecule has 1 N–H and O–H groups in total. The van der Waals surface area contributed by atoms with Crippen molar-refractivity contribution in [3.63, 3.8) is 0 Å². The first kappa shape index (κ1) is 12.6. The Morgan fingerprint density at radius 2 is 1.94 bits per heavy atom. The monoisotopic (exact) mass is 254 g/mol. The first-order chi connectivity index (χ1) is 8.64. The standard InChI is InChI=1S/C14H22O4/c15-12(14(16)4-1-2-5-14)11-3-7-18-13(9-11)6-8-17-10-13/h11,16H,1-10H2. The summed E-state index contributed by atoms with van der Waals surface area (Å²) in [5, 5.41) is 10.4. The average Bonchev–Trinajstić information content (AvgIpc) is 2.99. The van der Waals surface area contributed by atoms with Gasteiger partial charge in [-0.3, -0.25) is 4.79 Å². The lowest BCUT2D eigenvalue weighted by molar-refractivity contribution is -0.153. The minimum absolute atomic E-state index is 0.0384. The summed E-state index contributed by atoms with van der Waals surface area (Å²) in [6.07, 6.45) is 5.60. The molecule has 2 heterocycles. The minimum atomic E-state index is -1.04. The van der Waals surface area contributed by atoms with Gasteiger partial charge in [-0.05, 0) is 38.5 Å². The van der Waals surface area contributed by atoms with E-state index >= 15 is 0 Å². The molecule has 3 fully saturated rings. The van der Waals surface area contributed by atoms with E-state index in [2.05, 4.69) is 0 Å². The second-order valence-electron chi connectivity index (χ2n) is 6.13. The highest BCUT2D eigenvalue weighted by molar-refractivity contribution is 5.89. The number of aliphatic hydroxyl groups is 1. The molecular formula is C14H22O4. The Bertz CT molecular complexity index is 327. The fraction of sp³-hybridized carbons (Fsp3) is 0.929. The Balaban J connectivity index is 1.70. The zero-order valence-corrected chi connectivity index (χ0v) is 10.8. The van der Waals surface area contributed by atoms with Gasteiger partial charge in [0.05, 0.1) is 12.2 Å². The van der Waals surface area contributed by atoms with Gasteiger partial charge in [-0.25, -0.2) is 0 Å². The van der Waals surface area contributed by atoms with Crippen molar-refractivity contribution in [2.24, 2.45) is 5.92 Å². The Kier molecular flexibility index (Phi) is 3.20.